The number of amides is 1. The number of H-pyrrole nitrogens is 1. The Bertz CT molecular complexity index is 1650. The molecule has 2 heterocycles. The molecule has 1 aliphatic heterocycles. The number of imidazole rings is 1. The zero-order valence-corrected chi connectivity index (χ0v) is 23.2. The monoisotopic (exact) mass is 541 g/mol. The van der Waals surface area contributed by atoms with E-state index in [-0.39, 0.29) is 22.7 Å². The Hall–Kier alpha value is -4.79. The maximum Gasteiger partial charge on any atom is 0.302 e. The molecule has 4 aromatic rings. The summed E-state index contributed by atoms with van der Waals surface area (Å²) in [5, 5.41) is 11.7. The number of carbonyl (C=O) groups excluding carboxylic acids is 2. The van der Waals surface area contributed by atoms with Crippen molar-refractivity contribution < 1.29 is 28.9 Å². The highest BCUT2D eigenvalue weighted by atomic mass is 16.5. The minimum Gasteiger partial charge on any atom is -0.507 e. The number of aromatic nitrogens is 2. The molecule has 40 heavy (non-hydrogen) atoms. The zero-order chi connectivity index (χ0) is 28.8. The number of benzene rings is 3. The average Bonchev–Trinajstić information content (AvgIpc) is 3.49. The molecular weight excluding hydrogens is 510 g/mol. The molecule has 0 saturated carbocycles. The summed E-state index contributed by atoms with van der Waals surface area (Å²) in [4.78, 5) is 36.3. The number of nitrogens with zero attached hydrogens (tertiary/aromatic N) is 2. The number of aromatic amines is 1. The summed E-state index contributed by atoms with van der Waals surface area (Å²) < 4.78 is 16.2. The molecule has 1 aliphatic rings. The average molecular weight is 542 g/mol. The van der Waals surface area contributed by atoms with Crippen LogP contribution in [0.4, 0.5) is 5.95 Å². The number of hydrogen-bond donors (Lipinski definition) is 2. The lowest BCUT2D eigenvalue weighted by Crippen LogP contribution is -2.30. The first-order chi connectivity index (χ1) is 19.1. The van der Waals surface area contributed by atoms with E-state index in [0.717, 1.165) is 5.56 Å². The van der Waals surface area contributed by atoms with Crippen LogP contribution in [-0.2, 0) is 15.0 Å². The Labute approximate surface area is 232 Å². The molecule has 3 aromatic carbocycles. The molecule has 0 radical (unpaired) electrons. The highest BCUT2D eigenvalue weighted by Crippen LogP contribution is 2.44. The van der Waals surface area contributed by atoms with Crippen molar-refractivity contribution in [1.82, 2.24) is 9.97 Å². The lowest BCUT2D eigenvalue weighted by Gasteiger charge is -2.24. The van der Waals surface area contributed by atoms with Crippen molar-refractivity contribution >= 4 is 34.4 Å². The van der Waals surface area contributed by atoms with Gasteiger partial charge < -0.3 is 24.3 Å². The van der Waals surface area contributed by atoms with E-state index < -0.39 is 17.7 Å². The fraction of sp³-hybridized carbons (Fsp3) is 0.258. The summed E-state index contributed by atoms with van der Waals surface area (Å²) in [5.74, 6) is -0.221. The molecule has 0 aliphatic carbocycles. The van der Waals surface area contributed by atoms with E-state index in [1.54, 1.807) is 68.8 Å². The maximum absolute atomic E-state index is 13.7. The second-order valence-electron chi connectivity index (χ2n) is 10.6. The van der Waals surface area contributed by atoms with Crippen LogP contribution in [-0.4, -0.2) is 48.1 Å². The van der Waals surface area contributed by atoms with Crippen molar-refractivity contribution in [3.63, 3.8) is 0 Å². The summed E-state index contributed by atoms with van der Waals surface area (Å²) in [5.41, 5.74) is 2.74. The van der Waals surface area contributed by atoms with Crippen LogP contribution in [0.15, 0.2) is 66.2 Å². The predicted octanol–water partition coefficient (Wildman–Crippen LogP) is 5.51. The normalized spacial score (nSPS) is 16.9. The van der Waals surface area contributed by atoms with Crippen LogP contribution >= 0.6 is 0 Å². The number of fused-ring (bicyclic) bond motifs is 1. The Morgan fingerprint density at radius 3 is 2.20 bits per heavy atom. The third-order valence-electron chi connectivity index (χ3n) is 7.10. The molecule has 2 N–H and O–H groups in total. The number of hydrogen-bond acceptors (Lipinski definition) is 7. The molecule has 1 atom stereocenters. The van der Waals surface area contributed by atoms with Crippen LogP contribution in [0, 0.1) is 0 Å². The van der Waals surface area contributed by atoms with E-state index in [9.17, 15) is 14.7 Å². The molecule has 0 spiro atoms. The second-order valence-corrected chi connectivity index (χ2v) is 10.6. The van der Waals surface area contributed by atoms with Gasteiger partial charge in [0, 0.05) is 6.07 Å². The van der Waals surface area contributed by atoms with Crippen molar-refractivity contribution in [2.45, 2.75) is 32.2 Å². The van der Waals surface area contributed by atoms with E-state index in [1.807, 2.05) is 26.8 Å². The number of nitrogens with one attached hydrogen (secondary N) is 1. The third-order valence-corrected chi connectivity index (χ3v) is 7.10. The van der Waals surface area contributed by atoms with E-state index in [2.05, 4.69) is 9.97 Å². The van der Waals surface area contributed by atoms with Gasteiger partial charge in [0.15, 0.2) is 0 Å². The van der Waals surface area contributed by atoms with Gasteiger partial charge >= 0.3 is 5.91 Å². The Morgan fingerprint density at radius 1 is 0.900 bits per heavy atom. The van der Waals surface area contributed by atoms with Gasteiger partial charge in [-0.15, -0.1) is 0 Å². The number of Topliss-reactive ketones (excluding diaryl/α,β-unsaturated/α-hetero) is 1. The number of anilines is 1. The molecular formula is C31H31N3O6. The zero-order valence-electron chi connectivity index (χ0n) is 23.2. The van der Waals surface area contributed by atoms with Crippen LogP contribution in [0.1, 0.15) is 43.5 Å². The van der Waals surface area contributed by atoms with Crippen LogP contribution in [0.25, 0.3) is 16.8 Å². The summed E-state index contributed by atoms with van der Waals surface area (Å²) in [6.45, 7) is 6.14. The number of ether oxygens (including phenoxy) is 3. The van der Waals surface area contributed by atoms with Crippen molar-refractivity contribution in [2.24, 2.45) is 0 Å². The number of rotatable bonds is 6. The summed E-state index contributed by atoms with van der Waals surface area (Å²) in [7, 11) is 4.60. The number of carbonyl (C=O) groups is 2. The van der Waals surface area contributed by atoms with E-state index in [1.165, 1.54) is 12.0 Å². The molecule has 206 valence electrons. The van der Waals surface area contributed by atoms with Crippen molar-refractivity contribution in [1.29, 1.82) is 0 Å². The lowest BCUT2D eigenvalue weighted by atomic mass is 9.85. The molecule has 1 aromatic heterocycles. The molecule has 1 unspecified atom stereocenters. The van der Waals surface area contributed by atoms with E-state index in [4.69, 9.17) is 14.2 Å². The molecule has 1 saturated heterocycles. The first kappa shape index (κ1) is 26.8. The fourth-order valence-electron chi connectivity index (χ4n) is 4.87. The molecule has 1 fully saturated rings. The fourth-order valence-corrected chi connectivity index (χ4v) is 4.87. The minimum absolute atomic E-state index is 0.0717. The number of aliphatic hydroxyl groups excluding tert-OH is 1. The summed E-state index contributed by atoms with van der Waals surface area (Å²) >= 11 is 0. The van der Waals surface area contributed by atoms with Crippen LogP contribution in [0.2, 0.25) is 0 Å². The van der Waals surface area contributed by atoms with Crippen molar-refractivity contribution in [3.05, 3.63) is 82.9 Å². The Balaban J connectivity index is 1.75. The molecule has 9 heteroatoms. The van der Waals surface area contributed by atoms with Gasteiger partial charge in [0.1, 0.15) is 23.0 Å². The smallest absolute Gasteiger partial charge is 0.302 e. The van der Waals surface area contributed by atoms with Crippen LogP contribution in [0.5, 0.6) is 17.2 Å². The molecule has 1 amide bonds. The van der Waals surface area contributed by atoms with Gasteiger partial charge in [-0.2, -0.15) is 0 Å². The molecule has 5 rings (SSSR count). The lowest BCUT2D eigenvalue weighted by molar-refractivity contribution is -0.132. The van der Waals surface area contributed by atoms with E-state index >= 15 is 0 Å². The minimum atomic E-state index is -0.976. The van der Waals surface area contributed by atoms with Gasteiger partial charge in [-0.3, -0.25) is 14.5 Å². The first-order valence-electron chi connectivity index (χ1n) is 12.7. The molecule has 9 nitrogen and oxygen atoms in total. The number of aliphatic hydroxyl groups is 1. The van der Waals surface area contributed by atoms with Gasteiger partial charge in [0.25, 0.3) is 5.78 Å². The quantitative estimate of drug-likeness (QED) is 0.188. The number of ketones is 1. The highest BCUT2D eigenvalue weighted by Gasteiger charge is 2.48. The number of methoxy groups -OCH3 is 3. The van der Waals surface area contributed by atoms with Gasteiger partial charge in [-0.1, -0.05) is 39.0 Å². The van der Waals surface area contributed by atoms with Gasteiger partial charge in [0.2, 0.25) is 5.95 Å². The largest absolute Gasteiger partial charge is 0.507 e. The van der Waals surface area contributed by atoms with Gasteiger partial charge in [-0.25, -0.2) is 4.98 Å². The molecule has 0 bridgehead atoms. The first-order valence-corrected chi connectivity index (χ1v) is 12.7. The van der Waals surface area contributed by atoms with Gasteiger partial charge in [0.05, 0.1) is 49.5 Å². The summed E-state index contributed by atoms with van der Waals surface area (Å²) in [6, 6.07) is 16.7. The highest BCUT2D eigenvalue weighted by molar-refractivity contribution is 6.51. The van der Waals surface area contributed by atoms with Crippen LogP contribution in [0.3, 0.4) is 0 Å². The SMILES string of the molecule is COc1ccc(C2/C(=C(\O)c3cc(C(C)(C)C)ccc3OC)C(=O)C(=O)N2c2nc3ccc(OC)cc3[nH]2)cc1. The van der Waals surface area contributed by atoms with Crippen LogP contribution < -0.4 is 19.1 Å². The standard InChI is InChI=1S/C31H31N3O6/c1-31(2,3)18-9-14-24(40-6)21(15-18)27(35)25-26(17-7-10-19(38-4)11-8-17)34(29(37)28(25)36)30-32-22-13-12-20(39-5)16-23(22)33-30/h7-16,26,35H,1-6H3,(H,32,33)/b27-25+. The predicted molar refractivity (Wildman–Crippen MR) is 152 cm³/mol. The maximum atomic E-state index is 13.7. The Morgan fingerprint density at radius 2 is 1.57 bits per heavy atom. The topological polar surface area (TPSA) is 114 Å². The van der Waals surface area contributed by atoms with Crippen molar-refractivity contribution in [3.8, 4) is 17.2 Å². The van der Waals surface area contributed by atoms with Gasteiger partial charge in [-0.05, 0) is 52.9 Å². The summed E-state index contributed by atoms with van der Waals surface area (Å²) in [6.07, 6.45) is 0. The third kappa shape index (κ3) is 4.53. The second kappa shape index (κ2) is 10.1. The van der Waals surface area contributed by atoms with E-state index in [0.29, 0.717) is 39.4 Å². The Kier molecular flexibility index (Phi) is 6.75. The van der Waals surface area contributed by atoms with Crippen molar-refractivity contribution in [2.75, 3.05) is 26.2 Å².